The second kappa shape index (κ2) is 7.25. The average molecular weight is 367 g/mol. The van der Waals surface area contributed by atoms with Crippen molar-refractivity contribution in [2.75, 3.05) is 13.1 Å². The fraction of sp³-hybridized carbons (Fsp3) is 0.318. The second-order valence-electron chi connectivity index (χ2n) is 7.33. The van der Waals surface area contributed by atoms with Crippen LogP contribution in [0.1, 0.15) is 29.0 Å². The minimum atomic E-state index is -0.496. The van der Waals surface area contributed by atoms with Crippen molar-refractivity contribution in [2.24, 2.45) is 0 Å². The van der Waals surface area contributed by atoms with Gasteiger partial charge in [0.1, 0.15) is 11.4 Å². The molecule has 0 amide bonds. The maximum Gasteiger partial charge on any atom is 0.336 e. The second-order valence-corrected chi connectivity index (χ2v) is 7.33. The Kier molecular flexibility index (Phi) is 4.81. The van der Waals surface area contributed by atoms with E-state index >= 15 is 0 Å². The summed E-state index contributed by atoms with van der Waals surface area (Å²) in [5.74, 6) is -0.233. The fourth-order valence-electron chi connectivity index (χ4n) is 3.97. The van der Waals surface area contributed by atoms with E-state index in [0.717, 1.165) is 35.0 Å². The molecule has 1 saturated heterocycles. The zero-order valence-electron chi connectivity index (χ0n) is 15.2. The molecule has 0 bridgehead atoms. The summed E-state index contributed by atoms with van der Waals surface area (Å²) >= 11 is 0. The summed E-state index contributed by atoms with van der Waals surface area (Å²) in [6.45, 7) is 3.98. The molecular weight excluding hydrogens is 345 g/mol. The van der Waals surface area contributed by atoms with E-state index in [0.29, 0.717) is 18.7 Å². The first-order valence-electron chi connectivity index (χ1n) is 9.19. The summed E-state index contributed by atoms with van der Waals surface area (Å²) in [5, 5.41) is 11.5. The van der Waals surface area contributed by atoms with Crippen molar-refractivity contribution in [3.05, 3.63) is 81.5 Å². The van der Waals surface area contributed by atoms with Crippen molar-refractivity contribution < 1.29 is 13.9 Å². The van der Waals surface area contributed by atoms with Crippen LogP contribution in [0.3, 0.4) is 0 Å². The topological polar surface area (TPSA) is 53.7 Å². The van der Waals surface area contributed by atoms with Crippen LogP contribution < -0.4 is 5.63 Å². The Hall–Kier alpha value is -2.50. The van der Waals surface area contributed by atoms with Crippen LogP contribution in [0.4, 0.5) is 4.39 Å². The van der Waals surface area contributed by atoms with Gasteiger partial charge in [-0.25, -0.2) is 9.18 Å². The van der Waals surface area contributed by atoms with Gasteiger partial charge in [-0.1, -0.05) is 24.3 Å². The van der Waals surface area contributed by atoms with Gasteiger partial charge >= 0.3 is 5.63 Å². The molecule has 1 fully saturated rings. The number of benzene rings is 2. The maximum absolute atomic E-state index is 13.1. The monoisotopic (exact) mass is 367 g/mol. The molecule has 2 aromatic carbocycles. The number of nitrogens with zero attached hydrogens (tertiary/aromatic N) is 1. The molecule has 0 radical (unpaired) electrons. The Morgan fingerprint density at radius 1 is 1.19 bits per heavy atom. The number of β-amino-alcohol motifs (C(OH)–C–C–N with tert-alkyl or cyclic N) is 1. The number of aliphatic hydroxyl groups is 1. The number of fused-ring (bicyclic) bond motifs is 1. The van der Waals surface area contributed by atoms with E-state index in [1.54, 1.807) is 12.1 Å². The number of hydrogen-bond acceptors (Lipinski definition) is 4. The summed E-state index contributed by atoms with van der Waals surface area (Å²) in [6, 6.07) is 13.8. The van der Waals surface area contributed by atoms with E-state index in [4.69, 9.17) is 4.42 Å². The molecule has 1 aliphatic rings. The normalized spacial score (nSPS) is 20.9. The van der Waals surface area contributed by atoms with Crippen molar-refractivity contribution in [1.82, 2.24) is 4.90 Å². The molecule has 4 nitrogen and oxygen atoms in total. The van der Waals surface area contributed by atoms with Crippen molar-refractivity contribution in [3.8, 4) is 0 Å². The van der Waals surface area contributed by atoms with Gasteiger partial charge in [0.15, 0.2) is 0 Å². The first-order chi connectivity index (χ1) is 13.0. The number of hydrogen-bond donors (Lipinski definition) is 1. The molecule has 140 valence electrons. The third-order valence-corrected chi connectivity index (χ3v) is 5.39. The van der Waals surface area contributed by atoms with Crippen molar-refractivity contribution >= 4 is 11.0 Å². The summed E-state index contributed by atoms with van der Waals surface area (Å²) in [6.07, 6.45) is 0.319. The van der Waals surface area contributed by atoms with Gasteiger partial charge in [0.05, 0.1) is 6.10 Å². The molecule has 0 aliphatic carbocycles. The highest BCUT2D eigenvalue weighted by atomic mass is 19.1. The predicted octanol–water partition coefficient (Wildman–Crippen LogP) is 3.59. The molecular formula is C22H22FNO3. The van der Waals surface area contributed by atoms with E-state index < -0.39 is 6.10 Å². The number of likely N-dealkylation sites (tertiary alicyclic amines) is 1. The SMILES string of the molecule is Cc1cc(=O)oc2cc(CN3CC[C@H](c4ccc(F)cc4)[C@@H](O)C3)ccc12. The Morgan fingerprint density at radius 3 is 2.70 bits per heavy atom. The molecule has 1 N–H and O–H groups in total. The lowest BCUT2D eigenvalue weighted by Crippen LogP contribution is -2.42. The van der Waals surface area contributed by atoms with Crippen LogP contribution in [0, 0.1) is 12.7 Å². The number of rotatable bonds is 3. The van der Waals surface area contributed by atoms with Crippen molar-refractivity contribution in [2.45, 2.75) is 31.9 Å². The van der Waals surface area contributed by atoms with Crippen molar-refractivity contribution in [3.63, 3.8) is 0 Å². The quantitative estimate of drug-likeness (QED) is 0.719. The first-order valence-corrected chi connectivity index (χ1v) is 9.19. The molecule has 4 rings (SSSR count). The average Bonchev–Trinajstić information content (AvgIpc) is 2.62. The highest BCUT2D eigenvalue weighted by Gasteiger charge is 2.28. The molecule has 1 aromatic heterocycles. The number of halogens is 1. The zero-order chi connectivity index (χ0) is 19.0. The zero-order valence-corrected chi connectivity index (χ0v) is 15.2. The molecule has 3 aromatic rings. The Labute approximate surface area is 156 Å². The Balaban J connectivity index is 1.47. The Bertz CT molecular complexity index is 1010. The number of aliphatic hydroxyl groups excluding tert-OH is 1. The molecule has 2 heterocycles. The number of piperidine rings is 1. The third kappa shape index (κ3) is 3.80. The number of aryl methyl sites for hydroxylation is 1. The van der Waals surface area contributed by atoms with Crippen LogP contribution in [-0.4, -0.2) is 29.2 Å². The highest BCUT2D eigenvalue weighted by molar-refractivity contribution is 5.80. The van der Waals surface area contributed by atoms with Gasteiger partial charge in [-0.15, -0.1) is 0 Å². The molecule has 2 atom stereocenters. The van der Waals surface area contributed by atoms with Gasteiger partial charge in [0.25, 0.3) is 0 Å². The van der Waals surface area contributed by atoms with Crippen LogP contribution in [-0.2, 0) is 6.54 Å². The van der Waals surface area contributed by atoms with Gasteiger partial charge < -0.3 is 9.52 Å². The summed E-state index contributed by atoms with van der Waals surface area (Å²) < 4.78 is 18.4. The van der Waals surface area contributed by atoms with Gasteiger partial charge in [0, 0.05) is 30.5 Å². The summed E-state index contributed by atoms with van der Waals surface area (Å²) in [5.41, 5.74) is 3.19. The minimum absolute atomic E-state index is 0.0270. The minimum Gasteiger partial charge on any atom is -0.423 e. The highest BCUT2D eigenvalue weighted by Crippen LogP contribution is 2.29. The lowest BCUT2D eigenvalue weighted by Gasteiger charge is -2.36. The molecule has 1 aliphatic heterocycles. The summed E-state index contributed by atoms with van der Waals surface area (Å²) in [4.78, 5) is 13.8. The molecule has 0 unspecified atom stereocenters. The maximum atomic E-state index is 13.1. The molecule has 0 spiro atoms. The van der Waals surface area contributed by atoms with Gasteiger partial charge in [0.2, 0.25) is 0 Å². The standard InChI is InChI=1S/C22H22FNO3/c1-14-10-22(26)27-21-11-15(2-7-18(14)21)12-24-9-8-19(20(25)13-24)16-3-5-17(23)6-4-16/h2-7,10-11,19-20,25H,8-9,12-13H2,1H3/t19-,20+/m1/s1. The third-order valence-electron chi connectivity index (χ3n) is 5.39. The van der Waals surface area contributed by atoms with E-state index in [9.17, 15) is 14.3 Å². The van der Waals surface area contributed by atoms with Crippen LogP contribution >= 0.6 is 0 Å². The van der Waals surface area contributed by atoms with E-state index in [-0.39, 0.29) is 17.4 Å². The smallest absolute Gasteiger partial charge is 0.336 e. The molecule has 27 heavy (non-hydrogen) atoms. The van der Waals surface area contributed by atoms with Crippen LogP contribution in [0.2, 0.25) is 0 Å². The van der Waals surface area contributed by atoms with E-state index in [1.807, 2.05) is 25.1 Å². The van der Waals surface area contributed by atoms with Crippen molar-refractivity contribution in [1.29, 1.82) is 0 Å². The van der Waals surface area contributed by atoms with Gasteiger partial charge in [-0.3, -0.25) is 4.90 Å². The van der Waals surface area contributed by atoms with Crippen LogP contribution in [0.15, 0.2) is 57.7 Å². The molecule has 5 heteroatoms. The van der Waals surface area contributed by atoms with E-state index in [1.165, 1.54) is 18.2 Å². The fourth-order valence-corrected chi connectivity index (χ4v) is 3.97. The Morgan fingerprint density at radius 2 is 1.96 bits per heavy atom. The lowest BCUT2D eigenvalue weighted by atomic mass is 9.87. The molecule has 0 saturated carbocycles. The predicted molar refractivity (Wildman–Crippen MR) is 102 cm³/mol. The lowest BCUT2D eigenvalue weighted by molar-refractivity contribution is 0.0477. The van der Waals surface area contributed by atoms with Crippen LogP contribution in [0.25, 0.3) is 11.0 Å². The van der Waals surface area contributed by atoms with Gasteiger partial charge in [-0.2, -0.15) is 0 Å². The largest absolute Gasteiger partial charge is 0.423 e. The first kappa shape index (κ1) is 17.9. The van der Waals surface area contributed by atoms with Crippen LogP contribution in [0.5, 0.6) is 0 Å². The summed E-state index contributed by atoms with van der Waals surface area (Å²) in [7, 11) is 0. The van der Waals surface area contributed by atoms with E-state index in [2.05, 4.69) is 4.90 Å². The van der Waals surface area contributed by atoms with Gasteiger partial charge in [-0.05, 0) is 54.8 Å².